The SMILES string of the molecule is O=C(COc1ccc(Cl)c2ccccc12)NN=Cc1ccc(Cl)cc1Cl. The molecule has 0 aliphatic heterocycles. The average molecular weight is 408 g/mol. The first-order valence-corrected chi connectivity index (χ1v) is 8.75. The number of rotatable bonds is 5. The second-order valence-electron chi connectivity index (χ2n) is 5.34. The van der Waals surface area contributed by atoms with Gasteiger partial charge in [-0.15, -0.1) is 0 Å². The molecule has 0 fully saturated rings. The summed E-state index contributed by atoms with van der Waals surface area (Å²) in [6.45, 7) is -0.183. The van der Waals surface area contributed by atoms with E-state index in [4.69, 9.17) is 39.5 Å². The molecule has 1 amide bonds. The zero-order valence-electron chi connectivity index (χ0n) is 13.4. The van der Waals surface area contributed by atoms with Gasteiger partial charge in [-0.3, -0.25) is 4.79 Å². The maximum Gasteiger partial charge on any atom is 0.277 e. The largest absolute Gasteiger partial charge is 0.483 e. The molecule has 1 N–H and O–H groups in total. The minimum atomic E-state index is -0.398. The number of ether oxygens (including phenoxy) is 1. The van der Waals surface area contributed by atoms with Gasteiger partial charge in [0.15, 0.2) is 6.61 Å². The molecule has 132 valence electrons. The van der Waals surface area contributed by atoms with Gasteiger partial charge in [0.25, 0.3) is 5.91 Å². The fourth-order valence-electron chi connectivity index (χ4n) is 2.32. The molecule has 0 radical (unpaired) electrons. The Morgan fingerprint density at radius 3 is 2.54 bits per heavy atom. The van der Waals surface area contributed by atoms with E-state index in [0.29, 0.717) is 26.4 Å². The van der Waals surface area contributed by atoms with Crippen LogP contribution in [0.3, 0.4) is 0 Å². The number of benzene rings is 3. The van der Waals surface area contributed by atoms with Crippen LogP contribution in [-0.4, -0.2) is 18.7 Å². The maximum atomic E-state index is 11.9. The standard InChI is InChI=1S/C19H13Cl3N2O2/c20-13-6-5-12(17(22)9-13)10-23-24-19(25)11-26-18-8-7-16(21)14-3-1-2-4-15(14)18/h1-10H,11H2,(H,24,25). The molecule has 0 atom stereocenters. The van der Waals surface area contributed by atoms with Gasteiger partial charge in [-0.05, 0) is 24.3 Å². The van der Waals surface area contributed by atoms with Gasteiger partial charge in [0.2, 0.25) is 0 Å². The predicted molar refractivity (Wildman–Crippen MR) is 107 cm³/mol. The fraction of sp³-hybridized carbons (Fsp3) is 0.0526. The lowest BCUT2D eigenvalue weighted by atomic mass is 10.1. The third-order valence-electron chi connectivity index (χ3n) is 3.55. The summed E-state index contributed by atoms with van der Waals surface area (Å²) in [5, 5.41) is 7.17. The molecule has 7 heteroatoms. The van der Waals surface area contributed by atoms with Crippen molar-refractivity contribution in [1.82, 2.24) is 5.43 Å². The zero-order chi connectivity index (χ0) is 18.5. The van der Waals surface area contributed by atoms with Gasteiger partial charge in [0, 0.05) is 26.4 Å². The number of carbonyl (C=O) groups excluding carboxylic acids is 1. The van der Waals surface area contributed by atoms with Crippen LogP contribution in [0, 0.1) is 0 Å². The van der Waals surface area contributed by atoms with E-state index in [9.17, 15) is 4.79 Å². The number of fused-ring (bicyclic) bond motifs is 1. The summed E-state index contributed by atoms with van der Waals surface area (Å²) < 4.78 is 5.59. The van der Waals surface area contributed by atoms with Gasteiger partial charge in [-0.1, -0.05) is 65.1 Å². The highest BCUT2D eigenvalue weighted by atomic mass is 35.5. The number of amides is 1. The van der Waals surface area contributed by atoms with E-state index in [0.717, 1.165) is 10.8 Å². The molecule has 3 rings (SSSR count). The molecule has 0 bridgehead atoms. The Morgan fingerprint density at radius 2 is 1.77 bits per heavy atom. The second kappa shape index (κ2) is 8.41. The quantitative estimate of drug-likeness (QED) is 0.459. The van der Waals surface area contributed by atoms with Crippen molar-refractivity contribution in [1.29, 1.82) is 0 Å². The van der Waals surface area contributed by atoms with Gasteiger partial charge in [-0.2, -0.15) is 5.10 Å². The van der Waals surface area contributed by atoms with Gasteiger partial charge < -0.3 is 4.74 Å². The van der Waals surface area contributed by atoms with Crippen LogP contribution in [-0.2, 0) is 4.79 Å². The molecular weight excluding hydrogens is 395 g/mol. The third-order valence-corrected chi connectivity index (χ3v) is 4.44. The molecule has 0 saturated carbocycles. The molecule has 3 aromatic carbocycles. The first-order chi connectivity index (χ1) is 12.5. The molecule has 0 unspecified atom stereocenters. The number of hydrogen-bond acceptors (Lipinski definition) is 3. The van der Waals surface area contributed by atoms with Crippen molar-refractivity contribution in [3.05, 3.63) is 75.2 Å². The van der Waals surface area contributed by atoms with Crippen LogP contribution in [0.1, 0.15) is 5.56 Å². The lowest BCUT2D eigenvalue weighted by Crippen LogP contribution is -2.24. The molecule has 0 aliphatic carbocycles. The molecule has 0 heterocycles. The van der Waals surface area contributed by atoms with Gasteiger partial charge in [0.05, 0.1) is 11.2 Å². The van der Waals surface area contributed by atoms with Crippen molar-refractivity contribution >= 4 is 57.7 Å². The predicted octanol–water partition coefficient (Wildman–Crippen LogP) is 5.33. The summed E-state index contributed by atoms with van der Waals surface area (Å²) in [7, 11) is 0. The van der Waals surface area contributed by atoms with Crippen LogP contribution in [0.15, 0.2) is 59.7 Å². The highest BCUT2D eigenvalue weighted by molar-refractivity contribution is 6.36. The van der Waals surface area contributed by atoms with E-state index in [1.165, 1.54) is 6.21 Å². The van der Waals surface area contributed by atoms with Gasteiger partial charge >= 0.3 is 0 Å². The Bertz CT molecular complexity index is 990. The number of halogens is 3. The monoisotopic (exact) mass is 406 g/mol. The zero-order valence-corrected chi connectivity index (χ0v) is 15.6. The Hall–Kier alpha value is -2.27. The number of carbonyl (C=O) groups is 1. The van der Waals surface area contributed by atoms with E-state index in [1.54, 1.807) is 30.3 Å². The lowest BCUT2D eigenvalue weighted by Gasteiger charge is -2.09. The summed E-state index contributed by atoms with van der Waals surface area (Å²) in [4.78, 5) is 11.9. The smallest absolute Gasteiger partial charge is 0.277 e. The molecule has 4 nitrogen and oxygen atoms in total. The van der Waals surface area contributed by atoms with Crippen molar-refractivity contribution in [2.75, 3.05) is 6.61 Å². The Morgan fingerprint density at radius 1 is 1.00 bits per heavy atom. The Labute approximate surface area is 165 Å². The van der Waals surface area contributed by atoms with Crippen molar-refractivity contribution in [3.63, 3.8) is 0 Å². The maximum absolute atomic E-state index is 11.9. The molecule has 3 aromatic rings. The fourth-order valence-corrected chi connectivity index (χ4v) is 3.00. The van der Waals surface area contributed by atoms with Crippen molar-refractivity contribution in [2.45, 2.75) is 0 Å². The van der Waals surface area contributed by atoms with Crippen molar-refractivity contribution < 1.29 is 9.53 Å². The number of nitrogens with zero attached hydrogens (tertiary/aromatic N) is 1. The average Bonchev–Trinajstić information content (AvgIpc) is 2.63. The summed E-state index contributed by atoms with van der Waals surface area (Å²) in [6.07, 6.45) is 1.44. The van der Waals surface area contributed by atoms with Crippen molar-refractivity contribution in [3.8, 4) is 5.75 Å². The third kappa shape index (κ3) is 4.47. The van der Waals surface area contributed by atoms with E-state index < -0.39 is 5.91 Å². The number of hydrazone groups is 1. The van der Waals surface area contributed by atoms with E-state index in [-0.39, 0.29) is 6.61 Å². The Balaban J connectivity index is 1.61. The summed E-state index contributed by atoms with van der Waals surface area (Å²) in [5.74, 6) is 0.176. The highest BCUT2D eigenvalue weighted by Gasteiger charge is 2.07. The summed E-state index contributed by atoms with van der Waals surface area (Å²) in [5.41, 5.74) is 3.03. The van der Waals surface area contributed by atoms with Crippen LogP contribution in [0.25, 0.3) is 10.8 Å². The van der Waals surface area contributed by atoms with E-state index in [1.807, 2.05) is 24.3 Å². The first kappa shape index (κ1) is 18.5. The summed E-state index contributed by atoms with van der Waals surface area (Å²) in [6, 6.07) is 16.0. The number of hydrogen-bond donors (Lipinski definition) is 1. The summed E-state index contributed by atoms with van der Waals surface area (Å²) >= 11 is 18.0. The highest BCUT2D eigenvalue weighted by Crippen LogP contribution is 2.31. The molecular formula is C19H13Cl3N2O2. The normalized spacial score (nSPS) is 11.0. The first-order valence-electron chi connectivity index (χ1n) is 7.61. The number of nitrogens with one attached hydrogen (secondary N) is 1. The Kier molecular flexibility index (Phi) is 5.99. The molecule has 26 heavy (non-hydrogen) atoms. The molecule has 0 aromatic heterocycles. The van der Waals surface area contributed by atoms with Crippen LogP contribution in [0.5, 0.6) is 5.75 Å². The van der Waals surface area contributed by atoms with Crippen LogP contribution < -0.4 is 10.2 Å². The minimum Gasteiger partial charge on any atom is -0.483 e. The topological polar surface area (TPSA) is 50.7 Å². The van der Waals surface area contributed by atoms with E-state index >= 15 is 0 Å². The molecule has 0 spiro atoms. The lowest BCUT2D eigenvalue weighted by molar-refractivity contribution is -0.123. The second-order valence-corrected chi connectivity index (χ2v) is 6.59. The van der Waals surface area contributed by atoms with Crippen molar-refractivity contribution in [2.24, 2.45) is 5.10 Å². The van der Waals surface area contributed by atoms with E-state index in [2.05, 4.69) is 10.5 Å². The van der Waals surface area contributed by atoms with Crippen LogP contribution in [0.2, 0.25) is 15.1 Å². The van der Waals surface area contributed by atoms with Crippen LogP contribution in [0.4, 0.5) is 0 Å². The minimum absolute atomic E-state index is 0.183. The molecule has 0 saturated heterocycles. The molecule has 0 aliphatic rings. The van der Waals surface area contributed by atoms with Gasteiger partial charge in [-0.25, -0.2) is 5.43 Å². The van der Waals surface area contributed by atoms with Gasteiger partial charge in [0.1, 0.15) is 5.75 Å². The van der Waals surface area contributed by atoms with Crippen LogP contribution >= 0.6 is 34.8 Å².